The first-order valence-corrected chi connectivity index (χ1v) is 19.5. The van der Waals surface area contributed by atoms with E-state index in [2.05, 4.69) is 19.1 Å². The highest BCUT2D eigenvalue weighted by atomic mass is 16.6. The first-order valence-electron chi connectivity index (χ1n) is 19.5. The van der Waals surface area contributed by atoms with E-state index in [0.717, 1.165) is 24.0 Å². The molecule has 0 N–H and O–H groups in total. The van der Waals surface area contributed by atoms with E-state index >= 15 is 0 Å². The third-order valence-electron chi connectivity index (χ3n) is 11.7. The fourth-order valence-electron chi connectivity index (χ4n) is 8.97. The van der Waals surface area contributed by atoms with Gasteiger partial charge in [0.2, 0.25) is 0 Å². The molecular weight excluding hydrogens is 612 g/mol. The van der Waals surface area contributed by atoms with Crippen LogP contribution in [0.4, 0.5) is 0 Å². The molecule has 5 rings (SSSR count). The van der Waals surface area contributed by atoms with Crippen molar-refractivity contribution in [2.45, 2.75) is 160 Å². The normalized spacial score (nSPS) is 24.5. The molecule has 2 heterocycles. The topological polar surface area (TPSA) is 86.7 Å². The Hall–Kier alpha value is -3.28. The Bertz CT molecular complexity index is 1410. The number of aryl methyl sites for hydroxylation is 1. The summed E-state index contributed by atoms with van der Waals surface area (Å²) in [5.41, 5.74) is 2.65. The summed E-state index contributed by atoms with van der Waals surface area (Å²) in [7, 11) is 0. The van der Waals surface area contributed by atoms with Gasteiger partial charge in [-0.3, -0.25) is 19.2 Å². The Labute approximate surface area is 294 Å². The lowest BCUT2D eigenvalue weighted by atomic mass is 9.51. The maximum absolute atomic E-state index is 13.3. The average molecular weight is 671 g/mol. The summed E-state index contributed by atoms with van der Waals surface area (Å²) in [6.45, 7) is 4.22. The Balaban J connectivity index is 1.07. The van der Waals surface area contributed by atoms with Crippen LogP contribution in [0.1, 0.15) is 170 Å². The van der Waals surface area contributed by atoms with Crippen molar-refractivity contribution in [3.8, 4) is 0 Å². The molecule has 2 aromatic rings. The van der Waals surface area contributed by atoms with Gasteiger partial charge in [0.05, 0.1) is 24.2 Å². The van der Waals surface area contributed by atoms with Crippen molar-refractivity contribution in [3.63, 3.8) is 0 Å². The maximum atomic E-state index is 13.3. The number of ether oxygens (including phenoxy) is 2. The van der Waals surface area contributed by atoms with Gasteiger partial charge < -0.3 is 9.47 Å². The molecule has 0 spiro atoms. The summed E-state index contributed by atoms with van der Waals surface area (Å²) in [5.74, 6) is -5.07. The maximum Gasteiger partial charge on any atom is 0.321 e. The van der Waals surface area contributed by atoms with Crippen LogP contribution in [-0.4, -0.2) is 23.9 Å². The van der Waals surface area contributed by atoms with Crippen LogP contribution in [-0.2, 0) is 40.5 Å². The lowest BCUT2D eigenvalue weighted by molar-refractivity contribution is -0.156. The summed E-state index contributed by atoms with van der Waals surface area (Å²) >= 11 is 0. The number of benzene rings is 2. The van der Waals surface area contributed by atoms with Crippen LogP contribution in [0.3, 0.4) is 0 Å². The first kappa shape index (κ1) is 37.0. The van der Waals surface area contributed by atoms with Crippen LogP contribution in [0.25, 0.3) is 0 Å². The Kier molecular flexibility index (Phi) is 13.7. The molecule has 2 saturated heterocycles. The van der Waals surface area contributed by atoms with Crippen LogP contribution in [0.5, 0.6) is 0 Å². The van der Waals surface area contributed by atoms with Crippen molar-refractivity contribution in [2.24, 2.45) is 11.8 Å². The summed E-state index contributed by atoms with van der Waals surface area (Å²) in [6.07, 6.45) is 25.4. The zero-order chi connectivity index (χ0) is 34.6. The molecule has 0 amide bonds. The molecule has 0 aromatic heterocycles. The van der Waals surface area contributed by atoms with Gasteiger partial charge in [0, 0.05) is 11.3 Å². The van der Waals surface area contributed by atoms with Gasteiger partial charge in [-0.2, -0.15) is 0 Å². The van der Waals surface area contributed by atoms with Crippen molar-refractivity contribution in [1.29, 1.82) is 0 Å². The molecule has 5 unspecified atom stereocenters. The van der Waals surface area contributed by atoms with Crippen molar-refractivity contribution in [3.05, 3.63) is 70.8 Å². The molecule has 5 atom stereocenters. The minimum absolute atomic E-state index is 0.0576. The van der Waals surface area contributed by atoms with Gasteiger partial charge >= 0.3 is 23.9 Å². The number of unbranched alkanes of at least 4 members (excludes halogenated alkanes) is 17. The van der Waals surface area contributed by atoms with E-state index in [9.17, 15) is 19.2 Å². The summed E-state index contributed by atoms with van der Waals surface area (Å²) < 4.78 is 10.3. The molecule has 49 heavy (non-hydrogen) atoms. The second-order valence-corrected chi connectivity index (χ2v) is 15.1. The monoisotopic (exact) mass is 670 g/mol. The van der Waals surface area contributed by atoms with E-state index in [1.807, 2.05) is 43.3 Å². The quantitative estimate of drug-likeness (QED) is 0.0746. The van der Waals surface area contributed by atoms with Gasteiger partial charge in [-0.15, -0.1) is 0 Å². The van der Waals surface area contributed by atoms with Crippen LogP contribution >= 0.6 is 0 Å². The van der Waals surface area contributed by atoms with Crippen molar-refractivity contribution < 1.29 is 28.7 Å². The van der Waals surface area contributed by atoms with E-state index < -0.39 is 53.0 Å². The largest absolute Gasteiger partial charge is 0.393 e. The van der Waals surface area contributed by atoms with Gasteiger partial charge in [-0.1, -0.05) is 172 Å². The molecule has 1 aliphatic carbocycles. The van der Waals surface area contributed by atoms with Gasteiger partial charge in [0.1, 0.15) is 0 Å². The van der Waals surface area contributed by atoms with Gasteiger partial charge in [0.15, 0.2) is 0 Å². The predicted molar refractivity (Wildman–Crippen MR) is 192 cm³/mol. The molecule has 2 aliphatic heterocycles. The third kappa shape index (κ3) is 8.91. The van der Waals surface area contributed by atoms with Crippen molar-refractivity contribution in [2.75, 3.05) is 0 Å². The number of hydrogen-bond acceptors (Lipinski definition) is 6. The highest BCUT2D eigenvalue weighted by molar-refractivity contribution is 6.02. The van der Waals surface area contributed by atoms with Crippen molar-refractivity contribution >= 4 is 23.9 Å². The van der Waals surface area contributed by atoms with Crippen LogP contribution < -0.4 is 0 Å². The first-order chi connectivity index (χ1) is 23.9. The number of carbonyl (C=O) groups excluding carboxylic acids is 4. The molecular formula is C43H58O6. The summed E-state index contributed by atoms with van der Waals surface area (Å²) in [4.78, 5) is 51.7. The van der Waals surface area contributed by atoms with Crippen LogP contribution in [0.2, 0.25) is 0 Å². The molecule has 266 valence electrons. The number of hydrogen-bond donors (Lipinski definition) is 0. The predicted octanol–water partition coefficient (Wildman–Crippen LogP) is 10.2. The number of carbonyl (C=O) groups is 4. The smallest absolute Gasteiger partial charge is 0.321 e. The summed E-state index contributed by atoms with van der Waals surface area (Å²) in [6, 6.07) is 15.8. The SMILES string of the molecule is CCCCCCCCCCCCCCCCCCCCc1ccc(C2C3C(=O)OC(=O)C3c3ccccc3C2(C)C2CC(=O)OC2=O)cc1. The Morgan fingerprint density at radius 2 is 1.14 bits per heavy atom. The van der Waals surface area contributed by atoms with Crippen LogP contribution in [0, 0.1) is 11.8 Å². The lowest BCUT2D eigenvalue weighted by Crippen LogP contribution is -2.49. The van der Waals surface area contributed by atoms with Crippen LogP contribution in [0.15, 0.2) is 48.5 Å². The van der Waals surface area contributed by atoms with E-state index in [1.54, 1.807) is 0 Å². The van der Waals surface area contributed by atoms with E-state index in [0.29, 0.717) is 5.56 Å². The zero-order valence-electron chi connectivity index (χ0n) is 30.0. The summed E-state index contributed by atoms with van der Waals surface area (Å²) in [5, 5.41) is 0. The van der Waals surface area contributed by atoms with Gasteiger partial charge in [-0.05, 0) is 35.1 Å². The molecule has 2 aromatic carbocycles. The average Bonchev–Trinajstić information content (AvgIpc) is 3.60. The zero-order valence-corrected chi connectivity index (χ0v) is 30.0. The highest BCUT2D eigenvalue weighted by Gasteiger charge is 2.64. The number of rotatable bonds is 21. The fourth-order valence-corrected chi connectivity index (χ4v) is 8.97. The van der Waals surface area contributed by atoms with E-state index in [4.69, 9.17) is 9.47 Å². The van der Waals surface area contributed by atoms with Gasteiger partial charge in [0.25, 0.3) is 0 Å². The molecule has 0 bridgehead atoms. The minimum atomic E-state index is -0.945. The molecule has 3 aliphatic rings. The molecule has 6 heteroatoms. The van der Waals surface area contributed by atoms with E-state index in [1.165, 1.54) is 115 Å². The molecule has 2 fully saturated rings. The lowest BCUT2D eigenvalue weighted by Gasteiger charge is -2.48. The second kappa shape index (κ2) is 18.1. The number of fused-ring (bicyclic) bond motifs is 3. The Morgan fingerprint density at radius 3 is 1.67 bits per heavy atom. The standard InChI is InChI=1S/C43H58O6/c1-3-4-5-6-7-8-9-10-11-12-13-14-15-16-17-18-19-20-23-31-26-28-32(29-27-31)39-38-37(41(46)49-42(38)47)33-24-21-22-25-34(33)43(39,2)35-30-36(44)48-40(35)45/h21-22,24-29,35,37-39H,3-20,23,30H2,1-2H3. The Morgan fingerprint density at radius 1 is 0.612 bits per heavy atom. The van der Waals surface area contributed by atoms with Crippen molar-refractivity contribution in [1.82, 2.24) is 0 Å². The fraction of sp³-hybridized carbons (Fsp3) is 0.628. The highest BCUT2D eigenvalue weighted by Crippen LogP contribution is 2.61. The third-order valence-corrected chi connectivity index (χ3v) is 11.7. The molecule has 0 radical (unpaired) electrons. The molecule has 6 nitrogen and oxygen atoms in total. The molecule has 0 saturated carbocycles. The number of cyclic esters (lactones) is 4. The minimum Gasteiger partial charge on any atom is -0.393 e. The van der Waals surface area contributed by atoms with Gasteiger partial charge in [-0.25, -0.2) is 0 Å². The van der Waals surface area contributed by atoms with E-state index in [-0.39, 0.29) is 6.42 Å². The number of esters is 4. The second-order valence-electron chi connectivity index (χ2n) is 15.1.